The van der Waals surface area contributed by atoms with E-state index in [1.807, 2.05) is 13.0 Å². The Morgan fingerprint density at radius 2 is 1.47 bits per heavy atom. The molecule has 2 nitrogen and oxygen atoms in total. The molecule has 19 heavy (non-hydrogen) atoms. The summed E-state index contributed by atoms with van der Waals surface area (Å²) in [5.41, 5.74) is 6.98. The molecule has 0 aliphatic rings. The molecule has 0 spiro atoms. The van der Waals surface area contributed by atoms with E-state index in [2.05, 4.69) is 19.6 Å². The van der Waals surface area contributed by atoms with Gasteiger partial charge in [0.15, 0.2) is 0 Å². The van der Waals surface area contributed by atoms with Crippen molar-refractivity contribution in [2.24, 2.45) is 5.73 Å². The maximum Gasteiger partial charge on any atom is 0.214 e. The number of benzene rings is 1. The molecule has 110 valence electrons. The van der Waals surface area contributed by atoms with Gasteiger partial charge in [-0.2, -0.15) is 0 Å². The van der Waals surface area contributed by atoms with Crippen molar-refractivity contribution < 1.29 is 9.18 Å². The molecule has 1 rings (SSSR count). The number of amides is 1. The van der Waals surface area contributed by atoms with Crippen LogP contribution in [0.2, 0.25) is 0 Å². The summed E-state index contributed by atoms with van der Waals surface area (Å²) >= 11 is 0. The molecule has 0 aliphatic heterocycles. The van der Waals surface area contributed by atoms with Crippen LogP contribution >= 0.6 is 0 Å². The van der Waals surface area contributed by atoms with Crippen molar-refractivity contribution in [3.05, 3.63) is 34.6 Å². The van der Waals surface area contributed by atoms with Crippen LogP contribution in [0.25, 0.3) is 0 Å². The van der Waals surface area contributed by atoms with Crippen LogP contribution in [-0.2, 0) is 4.79 Å². The zero-order valence-corrected chi connectivity index (χ0v) is 13.1. The molecule has 1 amide bonds. The zero-order chi connectivity index (χ0) is 15.4. The van der Waals surface area contributed by atoms with Gasteiger partial charge >= 0.3 is 0 Å². The summed E-state index contributed by atoms with van der Waals surface area (Å²) in [7, 11) is 0. The highest BCUT2D eigenvalue weighted by Gasteiger charge is 2.01. The average molecular weight is 269 g/mol. The summed E-state index contributed by atoms with van der Waals surface area (Å²) in [6.07, 6.45) is 4.08. The Labute approximate surface area is 117 Å². The van der Waals surface area contributed by atoms with E-state index in [4.69, 9.17) is 0 Å². The normalized spacial score (nSPS) is 8.79. The number of unbranched alkanes of at least 4 members (excludes halogenated alkanes) is 2. The second-order valence-corrected chi connectivity index (χ2v) is 4.60. The van der Waals surface area contributed by atoms with Crippen LogP contribution in [-0.4, -0.2) is 5.91 Å². The molecule has 0 radical (unpaired) electrons. The van der Waals surface area contributed by atoms with Crippen molar-refractivity contribution in [3.8, 4) is 0 Å². The third kappa shape index (κ3) is 11.4. The van der Waals surface area contributed by atoms with Gasteiger partial charge in [-0.3, -0.25) is 4.79 Å². The molecule has 0 aromatic heterocycles. The molecule has 0 unspecified atom stereocenters. The van der Waals surface area contributed by atoms with Crippen LogP contribution in [0, 0.1) is 26.6 Å². The molecule has 1 aromatic carbocycles. The first-order valence-electron chi connectivity index (χ1n) is 6.76. The minimum absolute atomic E-state index is 0.0694. The molecule has 0 saturated heterocycles. The third-order valence-electron chi connectivity index (χ3n) is 2.56. The molecule has 0 heterocycles. The second kappa shape index (κ2) is 11.7. The maximum absolute atomic E-state index is 13.0. The first-order valence-corrected chi connectivity index (χ1v) is 6.76. The van der Waals surface area contributed by atoms with Gasteiger partial charge in [0.05, 0.1) is 0 Å². The predicted octanol–water partition coefficient (Wildman–Crippen LogP) is 4.44. The molecular weight excluding hydrogens is 241 g/mol. The van der Waals surface area contributed by atoms with Crippen LogP contribution < -0.4 is 5.73 Å². The van der Waals surface area contributed by atoms with Crippen LogP contribution in [0.4, 0.5) is 4.39 Å². The number of rotatable bonds is 2. The van der Waals surface area contributed by atoms with Crippen LogP contribution in [0.5, 0.6) is 0 Å². The van der Waals surface area contributed by atoms with Gasteiger partial charge in [0.2, 0.25) is 5.91 Å². The van der Waals surface area contributed by atoms with Gasteiger partial charge in [-0.15, -0.1) is 0 Å². The number of hydrogen-bond donors (Lipinski definition) is 1. The highest BCUT2D eigenvalue weighted by Crippen LogP contribution is 2.14. The van der Waals surface area contributed by atoms with Crippen molar-refractivity contribution in [2.75, 3.05) is 0 Å². The Kier molecular flexibility index (Phi) is 12.3. The minimum Gasteiger partial charge on any atom is -0.370 e. The maximum atomic E-state index is 13.0. The van der Waals surface area contributed by atoms with E-state index in [-0.39, 0.29) is 11.7 Å². The minimum atomic E-state index is -0.333. The molecule has 0 aliphatic carbocycles. The van der Waals surface area contributed by atoms with Gasteiger partial charge < -0.3 is 5.73 Å². The summed E-state index contributed by atoms with van der Waals surface area (Å²) in [4.78, 5) is 9.22. The molecular formula is C16H28FNO. The number of aryl methyl sites for hydroxylation is 2. The Hall–Kier alpha value is -1.38. The predicted molar refractivity (Wildman–Crippen MR) is 80.7 cm³/mol. The van der Waals surface area contributed by atoms with Crippen molar-refractivity contribution in [2.45, 2.75) is 60.8 Å². The fraction of sp³-hybridized carbons (Fsp3) is 0.562. The molecule has 0 fully saturated rings. The quantitative estimate of drug-likeness (QED) is 0.847. The molecule has 0 bridgehead atoms. The van der Waals surface area contributed by atoms with Crippen molar-refractivity contribution in [1.29, 1.82) is 0 Å². The molecule has 0 saturated carbocycles. The van der Waals surface area contributed by atoms with Crippen molar-refractivity contribution in [3.63, 3.8) is 0 Å². The lowest BCUT2D eigenvalue weighted by molar-refractivity contribution is -0.115. The van der Waals surface area contributed by atoms with Crippen LogP contribution in [0.1, 0.15) is 56.7 Å². The first kappa shape index (κ1) is 19.9. The van der Waals surface area contributed by atoms with E-state index in [1.54, 1.807) is 19.9 Å². The summed E-state index contributed by atoms with van der Waals surface area (Å²) in [6, 6.07) is 3.74. The Bertz CT molecular complexity index is 342. The van der Waals surface area contributed by atoms with Crippen LogP contribution in [0.3, 0.4) is 0 Å². The van der Waals surface area contributed by atoms with Gasteiger partial charge in [0.25, 0.3) is 0 Å². The first-order chi connectivity index (χ1) is 8.77. The van der Waals surface area contributed by atoms with E-state index in [0.29, 0.717) is 0 Å². The second-order valence-electron chi connectivity index (χ2n) is 4.60. The summed E-state index contributed by atoms with van der Waals surface area (Å²) < 4.78 is 13.0. The lowest BCUT2D eigenvalue weighted by Crippen LogP contribution is -2.01. The molecule has 0 atom stereocenters. The lowest BCUT2D eigenvalue weighted by Gasteiger charge is -2.02. The monoisotopic (exact) mass is 269 g/mol. The smallest absolute Gasteiger partial charge is 0.214 e. The fourth-order valence-corrected chi connectivity index (χ4v) is 1.27. The molecule has 1 aromatic rings. The van der Waals surface area contributed by atoms with E-state index in [9.17, 15) is 9.18 Å². The van der Waals surface area contributed by atoms with Gasteiger partial charge in [-0.1, -0.05) is 45.2 Å². The van der Waals surface area contributed by atoms with Crippen molar-refractivity contribution in [1.82, 2.24) is 0 Å². The van der Waals surface area contributed by atoms with Crippen LogP contribution in [0.15, 0.2) is 12.1 Å². The van der Waals surface area contributed by atoms with Gasteiger partial charge in [0, 0.05) is 6.92 Å². The molecule has 3 heteroatoms. The SMILES string of the molecule is CC(N)=O.CCCCC.Cc1ccc(C)c(F)c1C. The number of carbonyl (C=O) groups is 1. The fourth-order valence-electron chi connectivity index (χ4n) is 1.27. The Morgan fingerprint density at radius 3 is 1.74 bits per heavy atom. The Balaban J connectivity index is 0. The highest BCUT2D eigenvalue weighted by atomic mass is 19.1. The van der Waals surface area contributed by atoms with E-state index < -0.39 is 0 Å². The van der Waals surface area contributed by atoms with Gasteiger partial charge in [0.1, 0.15) is 5.82 Å². The highest BCUT2D eigenvalue weighted by molar-refractivity contribution is 5.70. The van der Waals surface area contributed by atoms with Crippen molar-refractivity contribution >= 4 is 5.91 Å². The largest absolute Gasteiger partial charge is 0.370 e. The summed E-state index contributed by atoms with van der Waals surface area (Å²) in [5, 5.41) is 0. The van der Waals surface area contributed by atoms with E-state index >= 15 is 0 Å². The number of halogens is 1. The topological polar surface area (TPSA) is 43.1 Å². The standard InChI is InChI=1S/C9H11F.C5H12.C2H5NO/c1-6-4-5-7(2)9(10)8(6)3;1-3-5-4-2;1-2(3)4/h4-5H,1-3H3;3-5H2,1-2H3;1H3,(H2,3,4). The van der Waals surface area contributed by atoms with Gasteiger partial charge in [-0.25, -0.2) is 4.39 Å². The van der Waals surface area contributed by atoms with E-state index in [0.717, 1.165) is 16.7 Å². The zero-order valence-electron chi connectivity index (χ0n) is 13.1. The Morgan fingerprint density at radius 1 is 1.11 bits per heavy atom. The average Bonchev–Trinajstić information content (AvgIpc) is 2.33. The number of carbonyl (C=O) groups excluding carboxylic acids is 1. The number of nitrogens with two attached hydrogens (primary N) is 1. The molecule has 2 N–H and O–H groups in total. The third-order valence-corrected chi connectivity index (χ3v) is 2.56. The number of hydrogen-bond acceptors (Lipinski definition) is 1. The van der Waals surface area contributed by atoms with E-state index in [1.165, 1.54) is 26.2 Å². The van der Waals surface area contributed by atoms with Gasteiger partial charge in [-0.05, 0) is 37.5 Å². The summed E-state index contributed by atoms with van der Waals surface area (Å²) in [6.45, 7) is 11.2. The number of primary amides is 1. The summed E-state index contributed by atoms with van der Waals surface area (Å²) in [5.74, 6) is -0.403. The lowest BCUT2D eigenvalue weighted by atomic mass is 10.1.